The average Bonchev–Trinajstić information content (AvgIpc) is 2.24. The average molecular weight is 223 g/mol. The lowest BCUT2D eigenvalue weighted by Crippen LogP contribution is -2.06. The van der Waals surface area contributed by atoms with Crippen molar-refractivity contribution in [2.75, 3.05) is 18.5 Å². The summed E-state index contributed by atoms with van der Waals surface area (Å²) in [6.07, 6.45) is 1.56. The molecular formula is C12H17NO3. The molecule has 4 heteroatoms. The molecule has 2 N–H and O–H groups in total. The maximum absolute atomic E-state index is 10.8. The van der Waals surface area contributed by atoms with Crippen molar-refractivity contribution in [2.45, 2.75) is 19.8 Å². The van der Waals surface area contributed by atoms with Gasteiger partial charge in [-0.1, -0.05) is 6.07 Å². The summed E-state index contributed by atoms with van der Waals surface area (Å²) in [5.74, 6) is 0.627. The Bertz CT molecular complexity index is 339. The number of hydrogen-bond donors (Lipinski definition) is 2. The molecule has 0 aromatic heterocycles. The zero-order valence-electron chi connectivity index (χ0n) is 9.40. The van der Waals surface area contributed by atoms with E-state index in [1.807, 2.05) is 18.2 Å². The highest BCUT2D eigenvalue weighted by molar-refractivity contribution is 5.88. The van der Waals surface area contributed by atoms with Gasteiger partial charge in [-0.2, -0.15) is 0 Å². The van der Waals surface area contributed by atoms with Crippen LogP contribution in [0.4, 0.5) is 5.69 Å². The van der Waals surface area contributed by atoms with Crippen LogP contribution in [-0.2, 0) is 4.79 Å². The van der Waals surface area contributed by atoms with E-state index in [0.717, 1.165) is 24.3 Å². The van der Waals surface area contributed by atoms with Crippen LogP contribution >= 0.6 is 0 Å². The van der Waals surface area contributed by atoms with Crippen LogP contribution in [-0.4, -0.2) is 24.2 Å². The van der Waals surface area contributed by atoms with Crippen molar-refractivity contribution in [2.24, 2.45) is 0 Å². The molecule has 0 bridgehead atoms. The fraction of sp³-hybridized carbons (Fsp3) is 0.417. The highest BCUT2D eigenvalue weighted by Gasteiger charge is 1.98. The Hall–Kier alpha value is -1.55. The van der Waals surface area contributed by atoms with E-state index in [-0.39, 0.29) is 12.5 Å². The van der Waals surface area contributed by atoms with E-state index in [0.29, 0.717) is 6.61 Å². The largest absolute Gasteiger partial charge is 0.494 e. The van der Waals surface area contributed by atoms with E-state index >= 15 is 0 Å². The topological polar surface area (TPSA) is 58.6 Å². The van der Waals surface area contributed by atoms with Crippen molar-refractivity contribution in [3.63, 3.8) is 0 Å². The molecule has 0 atom stereocenters. The monoisotopic (exact) mass is 223 g/mol. The van der Waals surface area contributed by atoms with E-state index in [4.69, 9.17) is 9.84 Å². The standard InChI is InChI=1S/C12H17NO3/c1-10(15)13-11-5-4-6-12(9-11)16-8-3-2-7-14/h4-6,9,14H,2-3,7-8H2,1H3,(H,13,15). The summed E-state index contributed by atoms with van der Waals surface area (Å²) in [6.45, 7) is 2.23. The number of aliphatic hydroxyl groups is 1. The van der Waals surface area contributed by atoms with Crippen LogP contribution in [0.1, 0.15) is 19.8 Å². The number of benzene rings is 1. The van der Waals surface area contributed by atoms with Crippen molar-refractivity contribution in [3.05, 3.63) is 24.3 Å². The lowest BCUT2D eigenvalue weighted by molar-refractivity contribution is -0.114. The van der Waals surface area contributed by atoms with Crippen molar-refractivity contribution in [1.29, 1.82) is 0 Å². The number of anilines is 1. The zero-order chi connectivity index (χ0) is 11.8. The highest BCUT2D eigenvalue weighted by Crippen LogP contribution is 2.17. The van der Waals surface area contributed by atoms with E-state index < -0.39 is 0 Å². The van der Waals surface area contributed by atoms with E-state index in [9.17, 15) is 4.79 Å². The smallest absolute Gasteiger partial charge is 0.221 e. The zero-order valence-corrected chi connectivity index (χ0v) is 9.40. The van der Waals surface area contributed by atoms with Crippen LogP contribution in [0.3, 0.4) is 0 Å². The minimum atomic E-state index is -0.0996. The number of rotatable bonds is 6. The van der Waals surface area contributed by atoms with Gasteiger partial charge in [0.1, 0.15) is 5.75 Å². The number of carbonyl (C=O) groups excluding carboxylic acids is 1. The molecule has 0 unspecified atom stereocenters. The molecule has 0 aliphatic rings. The normalized spacial score (nSPS) is 9.88. The van der Waals surface area contributed by atoms with Crippen LogP contribution in [0.2, 0.25) is 0 Å². The number of amides is 1. The number of aliphatic hydroxyl groups excluding tert-OH is 1. The Morgan fingerprint density at radius 2 is 2.25 bits per heavy atom. The number of unbranched alkanes of at least 4 members (excludes halogenated alkanes) is 1. The maximum Gasteiger partial charge on any atom is 0.221 e. The third-order valence-corrected chi connectivity index (χ3v) is 1.98. The van der Waals surface area contributed by atoms with Crippen LogP contribution < -0.4 is 10.1 Å². The Kier molecular flexibility index (Phi) is 5.36. The summed E-state index contributed by atoms with van der Waals surface area (Å²) in [7, 11) is 0. The van der Waals surface area contributed by atoms with Gasteiger partial charge in [0, 0.05) is 25.3 Å². The SMILES string of the molecule is CC(=O)Nc1cccc(OCCCCO)c1. The summed E-state index contributed by atoms with van der Waals surface area (Å²) in [4.78, 5) is 10.8. The van der Waals surface area contributed by atoms with Crippen molar-refractivity contribution < 1.29 is 14.6 Å². The van der Waals surface area contributed by atoms with Crippen LogP contribution in [0.25, 0.3) is 0 Å². The second kappa shape index (κ2) is 6.85. The number of nitrogens with one attached hydrogen (secondary N) is 1. The van der Waals surface area contributed by atoms with Crippen LogP contribution in [0.5, 0.6) is 5.75 Å². The Morgan fingerprint density at radius 1 is 1.44 bits per heavy atom. The molecule has 0 fully saturated rings. The number of carbonyl (C=O) groups is 1. The molecule has 4 nitrogen and oxygen atoms in total. The Morgan fingerprint density at radius 3 is 2.94 bits per heavy atom. The van der Waals surface area contributed by atoms with Gasteiger partial charge in [0.15, 0.2) is 0 Å². The summed E-state index contributed by atoms with van der Waals surface area (Å²) in [6, 6.07) is 7.25. The lowest BCUT2D eigenvalue weighted by Gasteiger charge is -2.07. The molecule has 88 valence electrons. The molecule has 16 heavy (non-hydrogen) atoms. The molecule has 0 saturated carbocycles. The molecule has 0 radical (unpaired) electrons. The fourth-order valence-electron chi connectivity index (χ4n) is 1.27. The van der Waals surface area contributed by atoms with Gasteiger partial charge in [-0.25, -0.2) is 0 Å². The molecule has 1 amide bonds. The Balaban J connectivity index is 2.44. The van der Waals surface area contributed by atoms with E-state index in [1.165, 1.54) is 6.92 Å². The highest BCUT2D eigenvalue weighted by atomic mass is 16.5. The van der Waals surface area contributed by atoms with Gasteiger partial charge in [0.05, 0.1) is 6.61 Å². The van der Waals surface area contributed by atoms with Crippen LogP contribution in [0, 0.1) is 0 Å². The molecule has 1 rings (SSSR count). The molecule has 0 aliphatic carbocycles. The number of ether oxygens (including phenoxy) is 1. The first-order chi connectivity index (χ1) is 7.72. The Labute approximate surface area is 95.2 Å². The third kappa shape index (κ3) is 4.79. The molecule has 1 aromatic rings. The molecule has 0 aliphatic heterocycles. The van der Waals surface area contributed by atoms with Gasteiger partial charge in [-0.05, 0) is 25.0 Å². The molecular weight excluding hydrogens is 206 g/mol. The predicted molar refractivity (Wildman–Crippen MR) is 62.6 cm³/mol. The van der Waals surface area contributed by atoms with Gasteiger partial charge in [-0.15, -0.1) is 0 Å². The van der Waals surface area contributed by atoms with Gasteiger partial charge in [-0.3, -0.25) is 4.79 Å². The maximum atomic E-state index is 10.8. The second-order valence-electron chi connectivity index (χ2n) is 3.49. The van der Waals surface area contributed by atoms with E-state index in [1.54, 1.807) is 6.07 Å². The van der Waals surface area contributed by atoms with Crippen molar-refractivity contribution in [1.82, 2.24) is 0 Å². The first-order valence-electron chi connectivity index (χ1n) is 5.33. The van der Waals surface area contributed by atoms with Gasteiger partial charge in [0.25, 0.3) is 0 Å². The molecule has 0 heterocycles. The predicted octanol–water partition coefficient (Wildman–Crippen LogP) is 1.80. The number of hydrogen-bond acceptors (Lipinski definition) is 3. The van der Waals surface area contributed by atoms with Gasteiger partial charge in [0.2, 0.25) is 5.91 Å². The lowest BCUT2D eigenvalue weighted by atomic mass is 10.3. The molecule has 0 spiro atoms. The summed E-state index contributed by atoms with van der Waals surface area (Å²) in [5, 5.41) is 11.3. The fourth-order valence-corrected chi connectivity index (χ4v) is 1.27. The van der Waals surface area contributed by atoms with Crippen molar-refractivity contribution in [3.8, 4) is 5.75 Å². The summed E-state index contributed by atoms with van der Waals surface area (Å²) in [5.41, 5.74) is 0.729. The summed E-state index contributed by atoms with van der Waals surface area (Å²) >= 11 is 0. The second-order valence-corrected chi connectivity index (χ2v) is 3.49. The van der Waals surface area contributed by atoms with Crippen molar-refractivity contribution >= 4 is 11.6 Å². The minimum absolute atomic E-state index is 0.0996. The first kappa shape index (κ1) is 12.5. The third-order valence-electron chi connectivity index (χ3n) is 1.98. The van der Waals surface area contributed by atoms with E-state index in [2.05, 4.69) is 5.32 Å². The minimum Gasteiger partial charge on any atom is -0.494 e. The summed E-state index contributed by atoms with van der Waals surface area (Å²) < 4.78 is 5.47. The van der Waals surface area contributed by atoms with Gasteiger partial charge >= 0.3 is 0 Å². The molecule has 0 saturated heterocycles. The quantitative estimate of drug-likeness (QED) is 0.723. The van der Waals surface area contributed by atoms with Gasteiger partial charge < -0.3 is 15.2 Å². The van der Waals surface area contributed by atoms with Crippen LogP contribution in [0.15, 0.2) is 24.3 Å². The first-order valence-corrected chi connectivity index (χ1v) is 5.33. The molecule has 1 aromatic carbocycles.